The monoisotopic (exact) mass is 229 g/mol. The van der Waals surface area contributed by atoms with Gasteiger partial charge in [-0.3, -0.25) is 4.99 Å². The predicted molar refractivity (Wildman–Crippen MR) is 76.5 cm³/mol. The summed E-state index contributed by atoms with van der Waals surface area (Å²) in [7, 11) is 1.81. The molecule has 0 heterocycles. The zero-order valence-corrected chi connectivity index (χ0v) is 11.1. The Hall–Kier alpha value is -1.57. The lowest BCUT2D eigenvalue weighted by Gasteiger charge is -2.19. The van der Waals surface area contributed by atoms with Gasteiger partial charge in [-0.1, -0.05) is 50.3 Å². The first-order chi connectivity index (χ1) is 8.13. The van der Waals surface area contributed by atoms with Crippen molar-refractivity contribution in [2.24, 2.45) is 10.9 Å². The molecule has 0 saturated heterocycles. The van der Waals surface area contributed by atoms with Crippen LogP contribution in [0, 0.1) is 5.92 Å². The molecule has 17 heavy (non-hydrogen) atoms. The highest BCUT2D eigenvalue weighted by Gasteiger charge is 1.93. The van der Waals surface area contributed by atoms with Gasteiger partial charge in [0.15, 0.2) is 0 Å². The van der Waals surface area contributed by atoms with Crippen LogP contribution in [0.3, 0.4) is 0 Å². The molecular formula is C15H21N2-. The van der Waals surface area contributed by atoms with E-state index in [4.69, 9.17) is 0 Å². The number of aliphatic imine (C=N–C) groups is 1. The van der Waals surface area contributed by atoms with Crippen LogP contribution in [-0.4, -0.2) is 19.3 Å². The Morgan fingerprint density at radius 1 is 1.29 bits per heavy atom. The van der Waals surface area contributed by atoms with Crippen LogP contribution in [0.15, 0.2) is 41.4 Å². The van der Waals surface area contributed by atoms with Crippen LogP contribution in [0.1, 0.15) is 26.3 Å². The number of nitrogens with zero attached hydrogens (tertiary/aromatic N) is 2. The Morgan fingerprint density at radius 2 is 1.94 bits per heavy atom. The molecule has 0 aliphatic carbocycles. The number of hydrogen-bond acceptors (Lipinski definition) is 1. The van der Waals surface area contributed by atoms with Crippen molar-refractivity contribution in [1.29, 1.82) is 0 Å². The molecular weight excluding hydrogens is 208 g/mol. The van der Waals surface area contributed by atoms with Gasteiger partial charge in [-0.25, -0.2) is 0 Å². The summed E-state index contributed by atoms with van der Waals surface area (Å²) in [6.45, 7) is 7.23. The third-order valence-electron chi connectivity index (χ3n) is 2.36. The molecule has 0 radical (unpaired) electrons. The molecule has 0 N–H and O–H groups in total. The Labute approximate surface area is 104 Å². The molecule has 0 fully saturated rings. The van der Waals surface area contributed by atoms with Gasteiger partial charge in [-0.2, -0.15) is 0 Å². The first-order valence-corrected chi connectivity index (χ1v) is 6.01. The zero-order valence-electron chi connectivity index (χ0n) is 11.1. The first-order valence-electron chi connectivity index (χ1n) is 6.01. The van der Waals surface area contributed by atoms with Gasteiger partial charge in [0.2, 0.25) is 0 Å². The SMILES string of the molecule is C[N-]/C(=C\C(C)=NCC(C)C)c1ccccc1. The van der Waals surface area contributed by atoms with Crippen LogP contribution in [0.4, 0.5) is 0 Å². The molecule has 0 atom stereocenters. The van der Waals surface area contributed by atoms with E-state index in [1.54, 1.807) is 0 Å². The Morgan fingerprint density at radius 3 is 2.47 bits per heavy atom. The third-order valence-corrected chi connectivity index (χ3v) is 2.36. The molecule has 92 valence electrons. The number of allylic oxidation sites excluding steroid dienone is 1. The van der Waals surface area contributed by atoms with Crippen molar-refractivity contribution in [1.82, 2.24) is 0 Å². The molecule has 1 rings (SSSR count). The van der Waals surface area contributed by atoms with Crippen LogP contribution in [0.25, 0.3) is 11.0 Å². The van der Waals surface area contributed by atoms with E-state index in [1.165, 1.54) is 0 Å². The minimum absolute atomic E-state index is 0.595. The van der Waals surface area contributed by atoms with Crippen molar-refractivity contribution in [3.8, 4) is 0 Å². The van der Waals surface area contributed by atoms with Gasteiger partial charge < -0.3 is 5.32 Å². The normalized spacial score (nSPS) is 13.0. The summed E-state index contributed by atoms with van der Waals surface area (Å²) in [4.78, 5) is 4.52. The highest BCUT2D eigenvalue weighted by Crippen LogP contribution is 2.18. The third kappa shape index (κ3) is 4.85. The lowest BCUT2D eigenvalue weighted by Crippen LogP contribution is -1.97. The average Bonchev–Trinajstić information content (AvgIpc) is 2.34. The van der Waals surface area contributed by atoms with Crippen molar-refractivity contribution in [3.63, 3.8) is 0 Å². The van der Waals surface area contributed by atoms with Gasteiger partial charge >= 0.3 is 0 Å². The summed E-state index contributed by atoms with van der Waals surface area (Å²) < 4.78 is 0. The van der Waals surface area contributed by atoms with Crippen LogP contribution < -0.4 is 0 Å². The van der Waals surface area contributed by atoms with Crippen molar-refractivity contribution < 1.29 is 0 Å². The molecule has 2 nitrogen and oxygen atoms in total. The quantitative estimate of drug-likeness (QED) is 0.678. The van der Waals surface area contributed by atoms with Crippen molar-refractivity contribution in [2.45, 2.75) is 20.8 Å². The Bertz CT molecular complexity index is 389. The molecule has 0 aromatic heterocycles. The summed E-state index contributed by atoms with van der Waals surface area (Å²) in [5.41, 5.74) is 3.15. The van der Waals surface area contributed by atoms with E-state index >= 15 is 0 Å². The molecule has 0 unspecified atom stereocenters. The molecule has 0 aliphatic rings. The summed E-state index contributed by atoms with van der Waals surface area (Å²) in [6.07, 6.45) is 2.04. The number of rotatable bonds is 5. The van der Waals surface area contributed by atoms with E-state index < -0.39 is 0 Å². The molecule has 0 saturated carbocycles. The molecule has 2 heteroatoms. The van der Waals surface area contributed by atoms with E-state index in [9.17, 15) is 0 Å². The summed E-state index contributed by atoms with van der Waals surface area (Å²) in [5, 5.41) is 4.31. The molecule has 1 aromatic carbocycles. The summed E-state index contributed by atoms with van der Waals surface area (Å²) >= 11 is 0. The fraction of sp³-hybridized carbons (Fsp3) is 0.400. The van der Waals surface area contributed by atoms with Gasteiger partial charge in [-0.05, 0) is 18.4 Å². The predicted octanol–water partition coefficient (Wildman–Crippen LogP) is 4.15. The Balaban J connectivity index is 2.84. The molecule has 0 aliphatic heterocycles. The highest BCUT2D eigenvalue weighted by atomic mass is 14.8. The average molecular weight is 229 g/mol. The van der Waals surface area contributed by atoms with E-state index in [-0.39, 0.29) is 0 Å². The molecule has 1 aromatic rings. The van der Waals surface area contributed by atoms with Crippen LogP contribution in [0.5, 0.6) is 0 Å². The second kappa shape index (κ2) is 6.89. The molecule has 0 bridgehead atoms. The van der Waals surface area contributed by atoms with E-state index in [2.05, 4.69) is 36.3 Å². The van der Waals surface area contributed by atoms with E-state index in [1.807, 2.05) is 38.2 Å². The van der Waals surface area contributed by atoms with Gasteiger partial charge in [0.1, 0.15) is 0 Å². The number of benzene rings is 1. The van der Waals surface area contributed by atoms with E-state index in [0.717, 1.165) is 23.5 Å². The van der Waals surface area contributed by atoms with Crippen molar-refractivity contribution in [2.75, 3.05) is 13.6 Å². The fourth-order valence-electron chi connectivity index (χ4n) is 1.46. The van der Waals surface area contributed by atoms with Crippen LogP contribution in [0.2, 0.25) is 0 Å². The summed E-state index contributed by atoms with van der Waals surface area (Å²) in [6, 6.07) is 10.2. The maximum absolute atomic E-state index is 4.52. The Kier molecular flexibility index (Phi) is 5.47. The van der Waals surface area contributed by atoms with Gasteiger partial charge in [0, 0.05) is 12.3 Å². The maximum Gasteiger partial charge on any atom is 0.0415 e. The lowest BCUT2D eigenvalue weighted by molar-refractivity contribution is 0.666. The topological polar surface area (TPSA) is 26.5 Å². The van der Waals surface area contributed by atoms with Crippen LogP contribution in [-0.2, 0) is 0 Å². The molecule has 0 spiro atoms. The fourth-order valence-corrected chi connectivity index (χ4v) is 1.46. The van der Waals surface area contributed by atoms with Gasteiger partial charge in [-0.15, -0.1) is 12.7 Å². The largest absolute Gasteiger partial charge is 0.686 e. The minimum atomic E-state index is 0.595. The maximum atomic E-state index is 4.52. The second-order valence-corrected chi connectivity index (χ2v) is 4.50. The first kappa shape index (κ1) is 13.5. The standard InChI is InChI=1S/C15H21N2/c1-12(2)11-17-13(3)10-15(16-4)14-8-6-5-7-9-14/h5-10,12H,11H2,1-4H3/q-1/b15-10-,17-13?. The minimum Gasteiger partial charge on any atom is -0.686 e. The van der Waals surface area contributed by atoms with Crippen LogP contribution >= 0.6 is 0 Å². The van der Waals surface area contributed by atoms with E-state index in [0.29, 0.717) is 5.92 Å². The lowest BCUT2D eigenvalue weighted by atomic mass is 10.1. The number of hydrogen-bond donors (Lipinski definition) is 0. The highest BCUT2D eigenvalue weighted by molar-refractivity contribution is 6.00. The van der Waals surface area contributed by atoms with Gasteiger partial charge in [0.25, 0.3) is 0 Å². The van der Waals surface area contributed by atoms with Crippen molar-refractivity contribution in [3.05, 3.63) is 47.3 Å². The zero-order chi connectivity index (χ0) is 12.7. The molecule has 0 amide bonds. The smallest absolute Gasteiger partial charge is 0.0415 e. The van der Waals surface area contributed by atoms with Gasteiger partial charge in [0.05, 0.1) is 0 Å². The second-order valence-electron chi connectivity index (χ2n) is 4.50. The van der Waals surface area contributed by atoms with Crippen molar-refractivity contribution >= 4 is 11.4 Å². The summed E-state index contributed by atoms with van der Waals surface area (Å²) in [5.74, 6) is 0.595.